The molecular weight excluding hydrogens is 302 g/mol. The van der Waals surface area contributed by atoms with E-state index in [1.54, 1.807) is 12.3 Å². The second kappa shape index (κ2) is 6.74. The van der Waals surface area contributed by atoms with E-state index in [0.717, 1.165) is 30.0 Å². The molecule has 0 aliphatic heterocycles. The minimum atomic E-state index is -0.351. The molecule has 3 aromatic rings. The zero-order valence-electron chi connectivity index (χ0n) is 14.2. The van der Waals surface area contributed by atoms with Gasteiger partial charge in [0.05, 0.1) is 18.4 Å². The van der Waals surface area contributed by atoms with E-state index >= 15 is 0 Å². The number of benzene rings is 1. The summed E-state index contributed by atoms with van der Waals surface area (Å²) < 4.78 is 6.60. The molecule has 0 saturated carbocycles. The number of hydrogen-bond acceptors (Lipinski definition) is 4. The quantitative estimate of drug-likeness (QED) is 0.673. The molecule has 2 aromatic heterocycles. The number of carbonyl (C=O) groups excluding carboxylic acids is 1. The second-order valence-electron chi connectivity index (χ2n) is 5.52. The maximum atomic E-state index is 11.6. The molecule has 0 aliphatic carbocycles. The number of esters is 1. The number of nitrogens with zero attached hydrogens (tertiary/aromatic N) is 3. The minimum Gasteiger partial charge on any atom is -0.465 e. The molecule has 0 N–H and O–H groups in total. The molecule has 5 nitrogen and oxygen atoms in total. The normalized spacial score (nSPS) is 10.8. The number of imidazole rings is 1. The van der Waals surface area contributed by atoms with Crippen LogP contribution in [0.2, 0.25) is 0 Å². The average molecular weight is 323 g/mol. The van der Waals surface area contributed by atoms with Gasteiger partial charge >= 0.3 is 5.97 Å². The van der Waals surface area contributed by atoms with Crippen molar-refractivity contribution in [3.05, 3.63) is 54.4 Å². The van der Waals surface area contributed by atoms with Crippen molar-refractivity contribution >= 4 is 17.3 Å². The Kier molecular flexibility index (Phi) is 4.51. The number of fused-ring (bicyclic) bond motifs is 1. The molecule has 0 radical (unpaired) electrons. The number of pyridine rings is 1. The van der Waals surface area contributed by atoms with Crippen LogP contribution in [0.1, 0.15) is 24.2 Å². The molecule has 1 aromatic carbocycles. The summed E-state index contributed by atoms with van der Waals surface area (Å²) in [6, 6.07) is 11.9. The highest BCUT2D eigenvalue weighted by Crippen LogP contribution is 2.23. The maximum Gasteiger partial charge on any atom is 0.339 e. The van der Waals surface area contributed by atoms with Crippen molar-refractivity contribution in [1.82, 2.24) is 9.38 Å². The number of anilines is 1. The van der Waals surface area contributed by atoms with Crippen LogP contribution in [0.4, 0.5) is 5.69 Å². The lowest BCUT2D eigenvalue weighted by molar-refractivity contribution is 0.0600. The Morgan fingerprint density at radius 3 is 2.42 bits per heavy atom. The zero-order chi connectivity index (χ0) is 17.1. The van der Waals surface area contributed by atoms with Gasteiger partial charge < -0.3 is 14.0 Å². The van der Waals surface area contributed by atoms with Crippen molar-refractivity contribution in [3.8, 4) is 11.3 Å². The van der Waals surface area contributed by atoms with Gasteiger partial charge in [-0.05, 0) is 38.1 Å². The van der Waals surface area contributed by atoms with Crippen LogP contribution in [0.25, 0.3) is 16.9 Å². The molecule has 0 atom stereocenters. The first-order chi connectivity index (χ1) is 11.7. The fourth-order valence-corrected chi connectivity index (χ4v) is 2.80. The molecular formula is C19H21N3O2. The van der Waals surface area contributed by atoms with Crippen LogP contribution in [0.3, 0.4) is 0 Å². The first kappa shape index (κ1) is 16.1. The average Bonchev–Trinajstić information content (AvgIpc) is 3.06. The molecule has 3 rings (SSSR count). The lowest BCUT2D eigenvalue weighted by Crippen LogP contribution is -2.21. The summed E-state index contributed by atoms with van der Waals surface area (Å²) in [6.45, 7) is 6.28. The Balaban J connectivity index is 1.93. The second-order valence-corrected chi connectivity index (χ2v) is 5.52. The number of hydrogen-bond donors (Lipinski definition) is 0. The minimum absolute atomic E-state index is 0.351. The van der Waals surface area contributed by atoms with E-state index in [1.807, 2.05) is 16.7 Å². The largest absolute Gasteiger partial charge is 0.465 e. The van der Waals surface area contributed by atoms with Crippen LogP contribution in [-0.4, -0.2) is 35.6 Å². The van der Waals surface area contributed by atoms with Gasteiger partial charge in [0.25, 0.3) is 0 Å². The van der Waals surface area contributed by atoms with Crippen LogP contribution in [0.5, 0.6) is 0 Å². The lowest BCUT2D eigenvalue weighted by Gasteiger charge is -2.20. The molecule has 0 saturated heterocycles. The summed E-state index contributed by atoms with van der Waals surface area (Å²) in [5.74, 6) is -0.351. The highest BCUT2D eigenvalue weighted by molar-refractivity contribution is 5.89. The van der Waals surface area contributed by atoms with Crippen LogP contribution < -0.4 is 4.90 Å². The number of ether oxygens (including phenoxy) is 1. The molecule has 0 bridgehead atoms. The molecule has 24 heavy (non-hydrogen) atoms. The smallest absolute Gasteiger partial charge is 0.339 e. The van der Waals surface area contributed by atoms with Crippen molar-refractivity contribution in [2.24, 2.45) is 0 Å². The molecule has 2 heterocycles. The monoisotopic (exact) mass is 323 g/mol. The number of rotatable bonds is 5. The van der Waals surface area contributed by atoms with Gasteiger partial charge in [-0.2, -0.15) is 0 Å². The van der Waals surface area contributed by atoms with Gasteiger partial charge in [0, 0.05) is 36.7 Å². The van der Waals surface area contributed by atoms with Gasteiger partial charge in [-0.3, -0.25) is 0 Å². The van der Waals surface area contributed by atoms with Gasteiger partial charge in [0.15, 0.2) is 0 Å². The van der Waals surface area contributed by atoms with E-state index in [0.29, 0.717) is 5.56 Å². The van der Waals surface area contributed by atoms with Crippen LogP contribution in [-0.2, 0) is 4.74 Å². The molecule has 0 amide bonds. The highest BCUT2D eigenvalue weighted by atomic mass is 16.5. The Hall–Kier alpha value is -2.82. The first-order valence-corrected chi connectivity index (χ1v) is 8.08. The molecule has 0 unspecified atom stereocenters. The Morgan fingerprint density at radius 1 is 1.08 bits per heavy atom. The van der Waals surface area contributed by atoms with E-state index in [2.05, 4.69) is 48.0 Å². The lowest BCUT2D eigenvalue weighted by atomic mass is 10.1. The van der Waals surface area contributed by atoms with Gasteiger partial charge in [0.1, 0.15) is 5.65 Å². The van der Waals surface area contributed by atoms with Crippen LogP contribution in [0.15, 0.2) is 48.8 Å². The van der Waals surface area contributed by atoms with Crippen LogP contribution in [0, 0.1) is 0 Å². The fraction of sp³-hybridized carbons (Fsp3) is 0.263. The SMILES string of the molecule is CCN(CC)c1ccc(-c2cn3cc(C(=O)OC)ccc3n2)cc1. The molecule has 5 heteroatoms. The van der Waals surface area contributed by atoms with E-state index in [4.69, 9.17) is 4.74 Å². The van der Waals surface area contributed by atoms with Crippen molar-refractivity contribution in [2.45, 2.75) is 13.8 Å². The van der Waals surface area contributed by atoms with E-state index in [1.165, 1.54) is 12.8 Å². The Labute approximate surface area is 141 Å². The van der Waals surface area contributed by atoms with E-state index < -0.39 is 0 Å². The Bertz CT molecular complexity index is 849. The summed E-state index contributed by atoms with van der Waals surface area (Å²) in [6.07, 6.45) is 3.66. The molecule has 0 aliphatic rings. The number of methoxy groups -OCH3 is 1. The number of carbonyl (C=O) groups is 1. The summed E-state index contributed by atoms with van der Waals surface area (Å²) in [4.78, 5) is 18.6. The predicted octanol–water partition coefficient (Wildman–Crippen LogP) is 3.63. The van der Waals surface area contributed by atoms with Crippen molar-refractivity contribution in [1.29, 1.82) is 0 Å². The fourth-order valence-electron chi connectivity index (χ4n) is 2.80. The zero-order valence-corrected chi connectivity index (χ0v) is 14.2. The predicted molar refractivity (Wildman–Crippen MR) is 95.5 cm³/mol. The summed E-state index contributed by atoms with van der Waals surface area (Å²) in [7, 11) is 1.38. The standard InChI is InChI=1S/C19H21N3O2/c1-4-21(5-2)16-9-6-14(7-10-16)17-13-22-12-15(19(23)24-3)8-11-18(22)20-17/h6-13H,4-5H2,1-3H3. The van der Waals surface area contributed by atoms with Gasteiger partial charge in [-0.25, -0.2) is 9.78 Å². The first-order valence-electron chi connectivity index (χ1n) is 8.08. The summed E-state index contributed by atoms with van der Waals surface area (Å²) >= 11 is 0. The van der Waals surface area contributed by atoms with Gasteiger partial charge in [-0.1, -0.05) is 12.1 Å². The summed E-state index contributed by atoms with van der Waals surface area (Å²) in [5.41, 5.74) is 4.44. The Morgan fingerprint density at radius 2 is 1.79 bits per heavy atom. The molecule has 0 spiro atoms. The van der Waals surface area contributed by atoms with E-state index in [9.17, 15) is 4.79 Å². The summed E-state index contributed by atoms with van der Waals surface area (Å²) in [5, 5.41) is 0. The highest BCUT2D eigenvalue weighted by Gasteiger charge is 2.09. The third-order valence-electron chi connectivity index (χ3n) is 4.16. The molecule has 0 fully saturated rings. The third-order valence-corrected chi connectivity index (χ3v) is 4.16. The van der Waals surface area contributed by atoms with Crippen molar-refractivity contribution in [3.63, 3.8) is 0 Å². The maximum absolute atomic E-state index is 11.6. The molecule has 124 valence electrons. The third kappa shape index (κ3) is 2.97. The van der Waals surface area contributed by atoms with Crippen molar-refractivity contribution < 1.29 is 9.53 Å². The number of aromatic nitrogens is 2. The van der Waals surface area contributed by atoms with E-state index in [-0.39, 0.29) is 5.97 Å². The van der Waals surface area contributed by atoms with Gasteiger partial charge in [0.2, 0.25) is 0 Å². The van der Waals surface area contributed by atoms with Gasteiger partial charge in [-0.15, -0.1) is 0 Å². The van der Waals surface area contributed by atoms with Crippen molar-refractivity contribution in [2.75, 3.05) is 25.1 Å². The van der Waals surface area contributed by atoms with Crippen LogP contribution >= 0.6 is 0 Å². The topological polar surface area (TPSA) is 46.8 Å².